The number of aryl methyl sites for hydroxylation is 1. The van der Waals surface area contributed by atoms with Crippen LogP contribution in [0.3, 0.4) is 0 Å². The van der Waals surface area contributed by atoms with E-state index in [2.05, 4.69) is 10.1 Å². The van der Waals surface area contributed by atoms with Crippen molar-refractivity contribution in [3.05, 3.63) is 35.4 Å². The van der Waals surface area contributed by atoms with Crippen LogP contribution >= 0.6 is 0 Å². The summed E-state index contributed by atoms with van der Waals surface area (Å²) in [7, 11) is 1.18. The highest BCUT2D eigenvalue weighted by Crippen LogP contribution is 2.23. The van der Waals surface area contributed by atoms with Crippen LogP contribution in [0, 0.1) is 0 Å². The molecule has 0 heterocycles. The molecular formula is C14H16F3NO4. The van der Waals surface area contributed by atoms with Gasteiger partial charge in [-0.1, -0.05) is 18.2 Å². The lowest BCUT2D eigenvalue weighted by molar-refractivity contribution is -0.148. The Hall–Kier alpha value is -2.09. The molecule has 0 fully saturated rings. The van der Waals surface area contributed by atoms with Crippen molar-refractivity contribution < 1.29 is 32.6 Å². The molecule has 1 amide bonds. The molecule has 1 rings (SSSR count). The second-order valence-corrected chi connectivity index (χ2v) is 4.54. The van der Waals surface area contributed by atoms with Crippen molar-refractivity contribution >= 4 is 11.9 Å². The van der Waals surface area contributed by atoms with E-state index >= 15 is 0 Å². The van der Waals surface area contributed by atoms with Crippen LogP contribution in [0.25, 0.3) is 0 Å². The van der Waals surface area contributed by atoms with Gasteiger partial charge in [-0.15, -0.1) is 0 Å². The summed E-state index contributed by atoms with van der Waals surface area (Å²) in [6.45, 7) is -0.279. The average Bonchev–Trinajstić information content (AvgIpc) is 2.44. The van der Waals surface area contributed by atoms with Crippen molar-refractivity contribution in [2.75, 3.05) is 13.7 Å². The predicted molar refractivity (Wildman–Crippen MR) is 71.6 cm³/mol. The van der Waals surface area contributed by atoms with Crippen LogP contribution in [0.4, 0.5) is 13.2 Å². The van der Waals surface area contributed by atoms with Crippen LogP contribution in [0.1, 0.15) is 22.3 Å². The Kier molecular flexibility index (Phi) is 6.36. The van der Waals surface area contributed by atoms with Crippen molar-refractivity contribution in [3.8, 4) is 0 Å². The summed E-state index contributed by atoms with van der Waals surface area (Å²) < 4.78 is 41.5. The lowest BCUT2D eigenvalue weighted by Gasteiger charge is -2.14. The molecule has 0 aliphatic heterocycles. The molecule has 0 saturated carbocycles. The first-order chi connectivity index (χ1) is 10.2. The van der Waals surface area contributed by atoms with E-state index in [1.54, 1.807) is 0 Å². The normalized spacial score (nSPS) is 12.7. The number of amides is 1. The molecule has 0 radical (unpaired) electrons. The lowest BCUT2D eigenvalue weighted by atomic mass is 10.0. The first kappa shape index (κ1) is 18.0. The fourth-order valence-corrected chi connectivity index (χ4v) is 1.79. The number of hydrogen-bond acceptors (Lipinski definition) is 3. The summed E-state index contributed by atoms with van der Waals surface area (Å²) in [6, 6.07) is 5.89. The maximum absolute atomic E-state index is 12.3. The van der Waals surface area contributed by atoms with Crippen LogP contribution in [-0.2, 0) is 16.0 Å². The fourth-order valence-electron chi connectivity index (χ4n) is 1.79. The van der Waals surface area contributed by atoms with E-state index in [0.717, 1.165) is 0 Å². The number of alkyl halides is 3. The van der Waals surface area contributed by atoms with E-state index < -0.39 is 30.6 Å². The summed E-state index contributed by atoms with van der Waals surface area (Å²) in [5.41, 5.74) is 0.341. The van der Waals surface area contributed by atoms with Crippen LogP contribution in [0.15, 0.2) is 24.3 Å². The van der Waals surface area contributed by atoms with Gasteiger partial charge in [-0.2, -0.15) is 13.2 Å². The predicted octanol–water partition coefficient (Wildman–Crippen LogP) is 2.01. The number of ether oxygens (including phenoxy) is 1. The number of methoxy groups -OCH3 is 1. The number of rotatable bonds is 7. The maximum atomic E-state index is 12.3. The van der Waals surface area contributed by atoms with E-state index in [1.165, 1.54) is 31.4 Å². The van der Waals surface area contributed by atoms with Gasteiger partial charge in [0.25, 0.3) is 5.91 Å². The van der Waals surface area contributed by atoms with E-state index in [4.69, 9.17) is 5.11 Å². The van der Waals surface area contributed by atoms with Gasteiger partial charge in [-0.25, -0.2) is 4.79 Å². The minimum atomic E-state index is -4.31. The van der Waals surface area contributed by atoms with E-state index in [-0.39, 0.29) is 24.1 Å². The number of carbonyl (C=O) groups is 2. The van der Waals surface area contributed by atoms with Gasteiger partial charge in [0.2, 0.25) is 0 Å². The quantitative estimate of drug-likeness (QED) is 0.806. The van der Waals surface area contributed by atoms with Crippen molar-refractivity contribution in [2.45, 2.75) is 25.1 Å². The zero-order valence-electron chi connectivity index (χ0n) is 11.8. The number of nitrogens with one attached hydrogen (secondary N) is 1. The zero-order chi connectivity index (χ0) is 16.8. The Morgan fingerprint density at radius 1 is 1.32 bits per heavy atom. The number of benzene rings is 1. The molecule has 8 heteroatoms. The monoisotopic (exact) mass is 319 g/mol. The number of carboxylic acids is 1. The van der Waals surface area contributed by atoms with Crippen molar-refractivity contribution in [1.29, 1.82) is 0 Å². The van der Waals surface area contributed by atoms with E-state index in [1.807, 2.05) is 0 Å². The molecule has 22 heavy (non-hydrogen) atoms. The molecule has 122 valence electrons. The van der Waals surface area contributed by atoms with Crippen molar-refractivity contribution in [3.63, 3.8) is 0 Å². The highest BCUT2D eigenvalue weighted by atomic mass is 19.4. The van der Waals surface area contributed by atoms with Crippen LogP contribution < -0.4 is 5.32 Å². The summed E-state index contributed by atoms with van der Waals surface area (Å²) in [5, 5.41) is 11.1. The Morgan fingerprint density at radius 2 is 1.95 bits per heavy atom. The maximum Gasteiger partial charge on any atom is 0.389 e. The molecule has 0 spiro atoms. The summed E-state index contributed by atoms with van der Waals surface area (Å²) in [5.74, 6) is -1.88. The first-order valence-electron chi connectivity index (χ1n) is 6.43. The Bertz CT molecular complexity index is 531. The van der Waals surface area contributed by atoms with Crippen LogP contribution in [0.5, 0.6) is 0 Å². The topological polar surface area (TPSA) is 75.6 Å². The molecule has 0 aliphatic carbocycles. The molecule has 0 aliphatic rings. The van der Waals surface area contributed by atoms with Crippen molar-refractivity contribution in [2.24, 2.45) is 0 Å². The number of halogens is 3. The second kappa shape index (κ2) is 7.79. The average molecular weight is 319 g/mol. The molecule has 5 nitrogen and oxygen atoms in total. The van der Waals surface area contributed by atoms with Gasteiger partial charge in [0, 0.05) is 19.1 Å². The summed E-state index contributed by atoms with van der Waals surface area (Å²) >= 11 is 0. The molecule has 1 aromatic carbocycles. The minimum Gasteiger partial charge on any atom is -0.479 e. The first-order valence-corrected chi connectivity index (χ1v) is 6.43. The molecule has 0 aromatic heterocycles. The highest BCUT2D eigenvalue weighted by Gasteiger charge is 2.27. The molecule has 1 aromatic rings. The van der Waals surface area contributed by atoms with Gasteiger partial charge >= 0.3 is 12.1 Å². The third-order valence-electron chi connectivity index (χ3n) is 2.95. The summed E-state index contributed by atoms with van der Waals surface area (Å²) in [6.07, 6.45) is -6.88. The number of hydrogen-bond donors (Lipinski definition) is 2. The zero-order valence-corrected chi connectivity index (χ0v) is 11.8. The number of carbonyl (C=O) groups excluding carboxylic acids is 1. The van der Waals surface area contributed by atoms with E-state index in [9.17, 15) is 22.8 Å². The smallest absolute Gasteiger partial charge is 0.389 e. The fraction of sp³-hybridized carbons (Fsp3) is 0.429. The lowest BCUT2D eigenvalue weighted by Crippen LogP contribution is -2.38. The molecular weight excluding hydrogens is 303 g/mol. The summed E-state index contributed by atoms with van der Waals surface area (Å²) in [4.78, 5) is 22.8. The van der Waals surface area contributed by atoms with Crippen LogP contribution in [-0.4, -0.2) is 42.9 Å². The van der Waals surface area contributed by atoms with Gasteiger partial charge in [-0.05, 0) is 18.1 Å². The van der Waals surface area contributed by atoms with Crippen LogP contribution in [0.2, 0.25) is 0 Å². The highest BCUT2D eigenvalue weighted by molar-refractivity contribution is 5.96. The van der Waals surface area contributed by atoms with Gasteiger partial charge in [0.1, 0.15) is 0 Å². The third-order valence-corrected chi connectivity index (χ3v) is 2.95. The van der Waals surface area contributed by atoms with Gasteiger partial charge < -0.3 is 15.2 Å². The molecule has 1 atom stereocenters. The Morgan fingerprint density at radius 3 is 2.50 bits per heavy atom. The SMILES string of the molecule is COC(CNC(=O)c1ccccc1CCC(F)(F)F)C(=O)O. The third kappa shape index (κ3) is 5.72. The standard InChI is InChI=1S/C14H16F3NO4/c1-22-11(13(20)21)8-18-12(19)10-5-3-2-4-9(10)6-7-14(15,16)17/h2-5,11H,6-8H2,1H3,(H,18,19)(H,20,21). The van der Waals surface area contributed by atoms with Crippen molar-refractivity contribution in [1.82, 2.24) is 5.32 Å². The molecule has 0 bridgehead atoms. The second-order valence-electron chi connectivity index (χ2n) is 4.54. The molecule has 1 unspecified atom stereocenters. The van der Waals surface area contributed by atoms with E-state index in [0.29, 0.717) is 0 Å². The van der Waals surface area contributed by atoms with Gasteiger partial charge in [-0.3, -0.25) is 4.79 Å². The van der Waals surface area contributed by atoms with Gasteiger partial charge in [0.15, 0.2) is 6.10 Å². The number of carboxylic acid groups (broad SMARTS) is 1. The minimum absolute atomic E-state index is 0.0898. The molecule has 2 N–H and O–H groups in total. The Labute approximate surface area is 125 Å². The number of aliphatic carboxylic acids is 1. The molecule has 0 saturated heterocycles. The Balaban J connectivity index is 2.75. The largest absolute Gasteiger partial charge is 0.479 e. The van der Waals surface area contributed by atoms with Gasteiger partial charge in [0.05, 0.1) is 6.54 Å².